The number of hydrogen-bond donors (Lipinski definition) is 2. The Kier molecular flexibility index (Phi) is 2.69. The van der Waals surface area contributed by atoms with E-state index in [4.69, 9.17) is 15.3 Å². The number of hydrazine groups is 1. The SMILES string of the molecule is NNc1nnc(COC2COC2)s1. The zero-order chi connectivity index (χ0) is 9.10. The van der Waals surface area contributed by atoms with Gasteiger partial charge < -0.3 is 9.47 Å². The summed E-state index contributed by atoms with van der Waals surface area (Å²) in [5.41, 5.74) is 2.43. The largest absolute Gasteiger partial charge is 0.376 e. The third-order valence-corrected chi connectivity index (χ3v) is 2.47. The van der Waals surface area contributed by atoms with Crippen LogP contribution in [0.2, 0.25) is 0 Å². The van der Waals surface area contributed by atoms with Crippen molar-refractivity contribution in [1.29, 1.82) is 0 Å². The fourth-order valence-corrected chi connectivity index (χ4v) is 1.44. The van der Waals surface area contributed by atoms with E-state index in [1.807, 2.05) is 0 Å². The van der Waals surface area contributed by atoms with Crippen molar-refractivity contribution in [3.63, 3.8) is 0 Å². The molecule has 1 aromatic rings. The van der Waals surface area contributed by atoms with Crippen molar-refractivity contribution >= 4 is 16.5 Å². The fourth-order valence-electron chi connectivity index (χ4n) is 0.870. The number of nitrogens with one attached hydrogen (secondary N) is 1. The zero-order valence-corrected chi connectivity index (χ0v) is 7.71. The minimum Gasteiger partial charge on any atom is -0.376 e. The van der Waals surface area contributed by atoms with Crippen molar-refractivity contribution in [3.8, 4) is 0 Å². The van der Waals surface area contributed by atoms with Gasteiger partial charge >= 0.3 is 0 Å². The molecule has 0 unspecified atom stereocenters. The summed E-state index contributed by atoms with van der Waals surface area (Å²) in [6, 6.07) is 0. The molecule has 72 valence electrons. The molecule has 0 saturated carbocycles. The van der Waals surface area contributed by atoms with Crippen LogP contribution >= 0.6 is 11.3 Å². The van der Waals surface area contributed by atoms with Gasteiger partial charge in [-0.15, -0.1) is 10.2 Å². The summed E-state index contributed by atoms with van der Waals surface area (Å²) in [6.07, 6.45) is 0.221. The van der Waals surface area contributed by atoms with Crippen molar-refractivity contribution in [3.05, 3.63) is 5.01 Å². The van der Waals surface area contributed by atoms with Crippen molar-refractivity contribution < 1.29 is 9.47 Å². The van der Waals surface area contributed by atoms with Crippen molar-refractivity contribution in [2.24, 2.45) is 5.84 Å². The van der Waals surface area contributed by atoms with Crippen molar-refractivity contribution in [1.82, 2.24) is 10.2 Å². The van der Waals surface area contributed by atoms with Crippen LogP contribution in [0, 0.1) is 0 Å². The van der Waals surface area contributed by atoms with Gasteiger partial charge in [-0.2, -0.15) is 0 Å². The molecule has 1 aliphatic heterocycles. The lowest BCUT2D eigenvalue weighted by Crippen LogP contribution is -2.35. The molecule has 0 amide bonds. The second kappa shape index (κ2) is 3.97. The quantitative estimate of drug-likeness (QED) is 0.517. The van der Waals surface area contributed by atoms with E-state index in [9.17, 15) is 0 Å². The van der Waals surface area contributed by atoms with Gasteiger partial charge in [0, 0.05) is 0 Å². The van der Waals surface area contributed by atoms with E-state index in [-0.39, 0.29) is 6.10 Å². The van der Waals surface area contributed by atoms with E-state index in [1.165, 1.54) is 11.3 Å². The Bertz CT molecular complexity index is 275. The molecule has 1 fully saturated rings. The van der Waals surface area contributed by atoms with Crippen LogP contribution < -0.4 is 11.3 Å². The summed E-state index contributed by atoms with van der Waals surface area (Å²) in [7, 11) is 0. The maximum absolute atomic E-state index is 5.44. The van der Waals surface area contributed by atoms with Crippen molar-refractivity contribution in [2.45, 2.75) is 12.7 Å². The zero-order valence-electron chi connectivity index (χ0n) is 6.90. The second-order valence-corrected chi connectivity index (χ2v) is 3.68. The minimum absolute atomic E-state index is 0.221. The molecule has 0 bridgehead atoms. The first-order chi connectivity index (χ1) is 6.38. The Morgan fingerprint density at radius 2 is 2.46 bits per heavy atom. The summed E-state index contributed by atoms with van der Waals surface area (Å²) < 4.78 is 10.4. The van der Waals surface area contributed by atoms with Gasteiger partial charge in [0.05, 0.1) is 13.2 Å². The second-order valence-electron chi connectivity index (χ2n) is 2.62. The number of nitrogens with two attached hydrogens (primary N) is 1. The Morgan fingerprint density at radius 3 is 3.00 bits per heavy atom. The molecule has 6 nitrogen and oxygen atoms in total. The van der Waals surface area contributed by atoms with Crippen LogP contribution in [0.15, 0.2) is 0 Å². The summed E-state index contributed by atoms with van der Waals surface area (Å²) in [5.74, 6) is 5.15. The average molecular weight is 202 g/mol. The smallest absolute Gasteiger partial charge is 0.219 e. The van der Waals surface area contributed by atoms with Gasteiger partial charge in [-0.25, -0.2) is 5.84 Å². The van der Waals surface area contributed by atoms with Crippen LogP contribution in [0.5, 0.6) is 0 Å². The molecule has 7 heteroatoms. The van der Waals surface area contributed by atoms with E-state index in [0.29, 0.717) is 25.0 Å². The van der Waals surface area contributed by atoms with Crippen LogP contribution in [-0.4, -0.2) is 29.5 Å². The first-order valence-electron chi connectivity index (χ1n) is 3.87. The Labute approximate surface area is 79.0 Å². The maximum Gasteiger partial charge on any atom is 0.219 e. The number of anilines is 1. The molecule has 1 saturated heterocycles. The van der Waals surface area contributed by atoms with Gasteiger partial charge in [-0.1, -0.05) is 11.3 Å². The molecule has 1 aromatic heterocycles. The first-order valence-corrected chi connectivity index (χ1v) is 4.68. The highest BCUT2D eigenvalue weighted by atomic mass is 32.1. The monoisotopic (exact) mass is 202 g/mol. The molecule has 1 aliphatic rings. The Morgan fingerprint density at radius 1 is 1.62 bits per heavy atom. The number of nitrogens with zero attached hydrogens (tertiary/aromatic N) is 2. The molecule has 0 aromatic carbocycles. The number of hydrogen-bond acceptors (Lipinski definition) is 7. The molecule has 2 heterocycles. The highest BCUT2D eigenvalue weighted by Gasteiger charge is 2.19. The maximum atomic E-state index is 5.44. The lowest BCUT2D eigenvalue weighted by molar-refractivity contribution is -0.135. The van der Waals surface area contributed by atoms with Gasteiger partial charge in [0.15, 0.2) is 0 Å². The lowest BCUT2D eigenvalue weighted by Gasteiger charge is -2.25. The van der Waals surface area contributed by atoms with Gasteiger partial charge in [0.25, 0.3) is 0 Å². The predicted molar refractivity (Wildman–Crippen MR) is 47.1 cm³/mol. The molecule has 0 spiro atoms. The molecule has 13 heavy (non-hydrogen) atoms. The van der Waals surface area contributed by atoms with Crippen LogP contribution in [0.3, 0.4) is 0 Å². The van der Waals surface area contributed by atoms with E-state index in [2.05, 4.69) is 15.6 Å². The topological polar surface area (TPSA) is 82.3 Å². The number of nitrogen functional groups attached to an aromatic ring is 1. The predicted octanol–water partition coefficient (Wildman–Crippen LogP) is -0.261. The van der Waals surface area contributed by atoms with Gasteiger partial charge in [-0.05, 0) is 0 Å². The fraction of sp³-hybridized carbons (Fsp3) is 0.667. The van der Waals surface area contributed by atoms with E-state index >= 15 is 0 Å². The highest BCUT2D eigenvalue weighted by Crippen LogP contribution is 2.16. The van der Waals surface area contributed by atoms with Gasteiger partial charge in [0.1, 0.15) is 17.7 Å². The summed E-state index contributed by atoms with van der Waals surface area (Å²) in [5, 5.41) is 9.07. The van der Waals surface area contributed by atoms with Crippen molar-refractivity contribution in [2.75, 3.05) is 18.6 Å². The molecule has 2 rings (SSSR count). The Hall–Kier alpha value is -0.760. The van der Waals surface area contributed by atoms with Crippen LogP contribution in [0.1, 0.15) is 5.01 Å². The van der Waals surface area contributed by atoms with E-state index in [0.717, 1.165) is 5.01 Å². The van der Waals surface area contributed by atoms with Crippen LogP contribution in [-0.2, 0) is 16.1 Å². The molecule has 0 radical (unpaired) electrons. The van der Waals surface area contributed by atoms with Gasteiger partial charge in [-0.3, -0.25) is 5.43 Å². The normalized spacial score (nSPS) is 17.0. The van der Waals surface area contributed by atoms with E-state index in [1.54, 1.807) is 0 Å². The number of aromatic nitrogens is 2. The van der Waals surface area contributed by atoms with Crippen LogP contribution in [0.4, 0.5) is 5.13 Å². The minimum atomic E-state index is 0.221. The lowest BCUT2D eigenvalue weighted by atomic mass is 10.3. The van der Waals surface area contributed by atoms with Crippen LogP contribution in [0.25, 0.3) is 0 Å². The Balaban J connectivity index is 1.79. The third-order valence-electron chi connectivity index (χ3n) is 1.64. The molecular formula is C6H10N4O2S. The highest BCUT2D eigenvalue weighted by molar-refractivity contribution is 7.15. The average Bonchev–Trinajstić information content (AvgIpc) is 2.49. The molecule has 0 atom stereocenters. The summed E-state index contributed by atoms with van der Waals surface area (Å²) in [6.45, 7) is 1.84. The molecule has 3 N–H and O–H groups in total. The first kappa shape index (κ1) is 8.82. The number of ether oxygens (including phenoxy) is 2. The standard InChI is InChI=1S/C6H10N4O2S/c7-8-6-10-9-5(13-6)3-12-4-1-11-2-4/h4H,1-3,7H2,(H,8,10). The van der Waals surface area contributed by atoms with Gasteiger partial charge in [0.2, 0.25) is 5.13 Å². The molecule has 0 aliphatic carbocycles. The van der Waals surface area contributed by atoms with E-state index < -0.39 is 0 Å². The summed E-state index contributed by atoms with van der Waals surface area (Å²) in [4.78, 5) is 0. The molecular weight excluding hydrogens is 192 g/mol. The third kappa shape index (κ3) is 2.13. The number of rotatable bonds is 4. The summed E-state index contributed by atoms with van der Waals surface area (Å²) >= 11 is 1.39.